The first kappa shape index (κ1) is 24.1. The number of aromatic nitrogens is 2. The van der Waals surface area contributed by atoms with E-state index in [0.29, 0.717) is 16.8 Å². The molecular formula is C24H27N5O3S. The summed E-state index contributed by atoms with van der Waals surface area (Å²) in [6.45, 7) is 3.98. The highest BCUT2D eigenvalue weighted by Crippen LogP contribution is 2.23. The Hall–Kier alpha value is -3.56. The van der Waals surface area contributed by atoms with Crippen molar-refractivity contribution in [3.8, 4) is 11.3 Å². The highest BCUT2D eigenvalue weighted by atomic mass is 32.2. The van der Waals surface area contributed by atoms with Crippen molar-refractivity contribution in [2.45, 2.75) is 30.5 Å². The third-order valence-electron chi connectivity index (χ3n) is 5.09. The average molecular weight is 466 g/mol. The second-order valence-electron chi connectivity index (χ2n) is 7.80. The summed E-state index contributed by atoms with van der Waals surface area (Å²) < 4.78 is 24.7. The molecule has 1 heterocycles. The number of benzene rings is 2. The fourth-order valence-electron chi connectivity index (χ4n) is 3.12. The standard InChI is InChI=1S/C24H27N5O3S/c1-15(2)33(31,32)19-10-8-18(9-11-19)21-14-28-24(26)23(29-21)22(30)12-20(25)17-6-4-16(5-7-17)13-27-3/h4-12,14-15,27H,13,25H2,1-3H3,(H2,26,28). The van der Waals surface area contributed by atoms with E-state index in [2.05, 4.69) is 15.3 Å². The first-order chi connectivity index (χ1) is 15.6. The lowest BCUT2D eigenvalue weighted by atomic mass is 10.1. The fourth-order valence-corrected chi connectivity index (χ4v) is 4.18. The van der Waals surface area contributed by atoms with Gasteiger partial charge in [-0.2, -0.15) is 0 Å². The molecule has 0 saturated heterocycles. The molecular weight excluding hydrogens is 438 g/mol. The number of hydrogen-bond acceptors (Lipinski definition) is 8. The molecule has 0 unspecified atom stereocenters. The van der Waals surface area contributed by atoms with Crippen molar-refractivity contribution in [3.05, 3.63) is 77.6 Å². The summed E-state index contributed by atoms with van der Waals surface area (Å²) in [6, 6.07) is 13.8. The molecule has 9 heteroatoms. The Morgan fingerprint density at radius 2 is 1.73 bits per heavy atom. The number of carbonyl (C=O) groups excluding carboxylic acids is 1. The predicted octanol–water partition coefficient (Wildman–Crippen LogP) is 2.81. The van der Waals surface area contributed by atoms with E-state index in [1.807, 2.05) is 31.3 Å². The molecule has 172 valence electrons. The van der Waals surface area contributed by atoms with Gasteiger partial charge < -0.3 is 16.8 Å². The lowest BCUT2D eigenvalue weighted by Crippen LogP contribution is -2.13. The molecule has 3 rings (SSSR count). The van der Waals surface area contributed by atoms with E-state index >= 15 is 0 Å². The molecule has 0 aliphatic rings. The van der Waals surface area contributed by atoms with Crippen LogP contribution in [-0.2, 0) is 16.4 Å². The van der Waals surface area contributed by atoms with Crippen LogP contribution in [0.3, 0.4) is 0 Å². The van der Waals surface area contributed by atoms with Crippen molar-refractivity contribution in [3.63, 3.8) is 0 Å². The Labute approximate surface area is 193 Å². The van der Waals surface area contributed by atoms with Gasteiger partial charge in [0.25, 0.3) is 0 Å². The first-order valence-electron chi connectivity index (χ1n) is 10.4. The number of nitrogens with two attached hydrogens (primary N) is 2. The smallest absolute Gasteiger partial charge is 0.210 e. The summed E-state index contributed by atoms with van der Waals surface area (Å²) in [5.74, 6) is -0.492. The van der Waals surface area contributed by atoms with E-state index in [-0.39, 0.29) is 22.1 Å². The predicted molar refractivity (Wildman–Crippen MR) is 130 cm³/mol. The average Bonchev–Trinajstić information content (AvgIpc) is 2.80. The summed E-state index contributed by atoms with van der Waals surface area (Å²) >= 11 is 0. The van der Waals surface area contributed by atoms with E-state index in [9.17, 15) is 13.2 Å². The number of hydrogen-bond donors (Lipinski definition) is 3. The monoisotopic (exact) mass is 465 g/mol. The van der Waals surface area contributed by atoms with Gasteiger partial charge in [0.05, 0.1) is 22.0 Å². The first-order valence-corrected chi connectivity index (χ1v) is 11.9. The van der Waals surface area contributed by atoms with Gasteiger partial charge in [0, 0.05) is 23.9 Å². The minimum Gasteiger partial charge on any atom is -0.398 e. The van der Waals surface area contributed by atoms with E-state index in [4.69, 9.17) is 11.5 Å². The molecule has 0 saturated carbocycles. The maximum absolute atomic E-state index is 12.8. The van der Waals surface area contributed by atoms with Gasteiger partial charge >= 0.3 is 0 Å². The lowest BCUT2D eigenvalue weighted by Gasteiger charge is -2.09. The van der Waals surface area contributed by atoms with Crippen LogP contribution in [0.15, 0.2) is 65.7 Å². The van der Waals surface area contributed by atoms with Crippen molar-refractivity contribution in [1.29, 1.82) is 0 Å². The van der Waals surface area contributed by atoms with E-state index in [1.54, 1.807) is 26.0 Å². The van der Waals surface area contributed by atoms with Gasteiger partial charge in [-0.3, -0.25) is 4.79 Å². The Bertz CT molecular complexity index is 1280. The zero-order valence-electron chi connectivity index (χ0n) is 18.7. The van der Waals surface area contributed by atoms with Crippen molar-refractivity contribution in [1.82, 2.24) is 15.3 Å². The normalized spacial score (nSPS) is 12.2. The molecule has 1 aromatic heterocycles. The molecule has 0 atom stereocenters. The van der Waals surface area contributed by atoms with Crippen LogP contribution in [0.25, 0.3) is 17.0 Å². The van der Waals surface area contributed by atoms with Gasteiger partial charge in [0.2, 0.25) is 5.78 Å². The summed E-state index contributed by atoms with van der Waals surface area (Å²) in [5, 5.41) is 2.54. The van der Waals surface area contributed by atoms with Crippen LogP contribution in [0.5, 0.6) is 0 Å². The molecule has 0 amide bonds. The van der Waals surface area contributed by atoms with Crippen LogP contribution in [0.2, 0.25) is 0 Å². The van der Waals surface area contributed by atoms with Gasteiger partial charge in [-0.05, 0) is 44.2 Å². The number of anilines is 1. The Kier molecular flexibility index (Phi) is 7.25. The Morgan fingerprint density at radius 3 is 2.30 bits per heavy atom. The molecule has 0 bridgehead atoms. The third kappa shape index (κ3) is 5.44. The highest BCUT2D eigenvalue weighted by molar-refractivity contribution is 7.92. The largest absolute Gasteiger partial charge is 0.398 e. The summed E-state index contributed by atoms with van der Waals surface area (Å²) in [6.07, 6.45) is 2.71. The van der Waals surface area contributed by atoms with Crippen molar-refractivity contribution < 1.29 is 13.2 Å². The minimum absolute atomic E-state index is 0.0174. The van der Waals surface area contributed by atoms with Gasteiger partial charge in [-0.15, -0.1) is 0 Å². The zero-order chi connectivity index (χ0) is 24.2. The number of allylic oxidation sites excluding steroid dienone is 1. The topological polar surface area (TPSA) is 141 Å². The fraction of sp³-hybridized carbons (Fsp3) is 0.208. The summed E-state index contributed by atoms with van der Waals surface area (Å²) in [7, 11) is -1.52. The van der Waals surface area contributed by atoms with E-state index < -0.39 is 20.9 Å². The SMILES string of the molecule is CNCc1ccc(C(N)=CC(=O)c2nc(-c3ccc(S(=O)(=O)C(C)C)cc3)cnc2N)cc1. The van der Waals surface area contributed by atoms with Gasteiger partial charge in [0.1, 0.15) is 0 Å². The maximum atomic E-state index is 12.8. The minimum atomic E-state index is -3.39. The molecule has 0 spiro atoms. The number of ketones is 1. The second kappa shape index (κ2) is 9.93. The van der Waals surface area contributed by atoms with Crippen LogP contribution in [-0.4, -0.2) is 36.5 Å². The number of nitrogen functional groups attached to an aromatic ring is 1. The Balaban J connectivity index is 1.88. The number of sulfone groups is 1. The molecule has 0 aliphatic heterocycles. The summed E-state index contributed by atoms with van der Waals surface area (Å²) in [4.78, 5) is 21.5. The molecule has 0 fully saturated rings. The lowest BCUT2D eigenvalue weighted by molar-refractivity contribution is 0.104. The third-order valence-corrected chi connectivity index (χ3v) is 7.26. The van der Waals surface area contributed by atoms with Crippen LogP contribution in [0.1, 0.15) is 35.5 Å². The maximum Gasteiger partial charge on any atom is 0.210 e. The number of nitrogens with zero attached hydrogens (tertiary/aromatic N) is 2. The number of rotatable bonds is 8. The van der Waals surface area contributed by atoms with Crippen molar-refractivity contribution in [2.24, 2.45) is 5.73 Å². The molecule has 0 radical (unpaired) electrons. The van der Waals surface area contributed by atoms with Gasteiger partial charge in [0.15, 0.2) is 21.3 Å². The Morgan fingerprint density at radius 1 is 1.09 bits per heavy atom. The quantitative estimate of drug-likeness (QED) is 0.341. The molecule has 0 aliphatic carbocycles. The van der Waals surface area contributed by atoms with Crippen LogP contribution in [0, 0.1) is 0 Å². The number of carbonyl (C=O) groups is 1. The summed E-state index contributed by atoms with van der Waals surface area (Å²) in [5.41, 5.74) is 15.1. The van der Waals surface area contributed by atoms with Crippen molar-refractivity contribution in [2.75, 3.05) is 12.8 Å². The molecule has 5 N–H and O–H groups in total. The number of nitrogens with one attached hydrogen (secondary N) is 1. The highest BCUT2D eigenvalue weighted by Gasteiger charge is 2.19. The van der Waals surface area contributed by atoms with Gasteiger partial charge in [-0.1, -0.05) is 36.4 Å². The van der Waals surface area contributed by atoms with Crippen LogP contribution < -0.4 is 16.8 Å². The van der Waals surface area contributed by atoms with Crippen molar-refractivity contribution >= 4 is 27.1 Å². The molecule has 3 aromatic rings. The zero-order valence-corrected chi connectivity index (χ0v) is 19.6. The van der Waals surface area contributed by atoms with E-state index in [1.165, 1.54) is 24.4 Å². The van der Waals surface area contributed by atoms with Crippen LogP contribution in [0.4, 0.5) is 5.82 Å². The van der Waals surface area contributed by atoms with E-state index in [0.717, 1.165) is 12.1 Å². The van der Waals surface area contributed by atoms with Crippen LogP contribution >= 0.6 is 0 Å². The molecule has 8 nitrogen and oxygen atoms in total. The molecule has 33 heavy (non-hydrogen) atoms. The second-order valence-corrected chi connectivity index (χ2v) is 10.3. The van der Waals surface area contributed by atoms with Gasteiger partial charge in [-0.25, -0.2) is 18.4 Å². The molecule has 2 aromatic carbocycles.